The van der Waals surface area contributed by atoms with Gasteiger partial charge >= 0.3 is 17.2 Å². The van der Waals surface area contributed by atoms with Crippen molar-refractivity contribution in [2.75, 3.05) is 6.61 Å². The molecule has 33 heavy (non-hydrogen) atoms. The maximum absolute atomic E-state index is 13.3. The number of esters is 2. The molecular formula is C20H10F2I3O7S-. The van der Waals surface area contributed by atoms with E-state index in [0.717, 1.165) is 10.7 Å². The molecule has 0 spiro atoms. The van der Waals surface area contributed by atoms with Crippen molar-refractivity contribution in [2.45, 2.75) is 5.25 Å². The summed E-state index contributed by atoms with van der Waals surface area (Å²) in [7, 11) is -6.00. The first-order valence-corrected chi connectivity index (χ1v) is 13.3. The van der Waals surface area contributed by atoms with Crippen molar-refractivity contribution in [3.8, 4) is 5.75 Å². The van der Waals surface area contributed by atoms with E-state index in [4.69, 9.17) is 4.74 Å². The molecule has 0 heterocycles. The minimum Gasteiger partial charge on any atom is -0.743 e. The first-order chi connectivity index (χ1) is 15.3. The van der Waals surface area contributed by atoms with Gasteiger partial charge in [0.15, 0.2) is 22.5 Å². The highest BCUT2D eigenvalue weighted by Gasteiger charge is 2.39. The maximum atomic E-state index is 13.3. The van der Waals surface area contributed by atoms with Crippen molar-refractivity contribution in [1.82, 2.24) is 0 Å². The summed E-state index contributed by atoms with van der Waals surface area (Å²) in [6, 6.07) is 12.3. The van der Waals surface area contributed by atoms with Gasteiger partial charge in [-0.1, -0.05) is 24.3 Å². The average molecular weight is 813 g/mol. The van der Waals surface area contributed by atoms with E-state index in [1.54, 1.807) is 0 Å². The number of alkyl halides is 2. The van der Waals surface area contributed by atoms with Crippen molar-refractivity contribution < 1.29 is 40.8 Å². The molecule has 0 saturated carbocycles. The van der Waals surface area contributed by atoms with Gasteiger partial charge in [0.1, 0.15) is 0 Å². The summed E-state index contributed by atoms with van der Waals surface area (Å²) in [6.07, 6.45) is 0. The van der Waals surface area contributed by atoms with Crippen LogP contribution < -0.4 is 4.74 Å². The molecule has 3 aromatic carbocycles. The van der Waals surface area contributed by atoms with E-state index in [2.05, 4.69) is 27.3 Å². The molecule has 0 saturated heterocycles. The zero-order valence-electron chi connectivity index (χ0n) is 16.0. The van der Waals surface area contributed by atoms with Gasteiger partial charge in [-0.2, -0.15) is 8.78 Å². The molecule has 13 heteroatoms. The van der Waals surface area contributed by atoms with Gasteiger partial charge in [0.2, 0.25) is 0 Å². The Bertz CT molecular complexity index is 1350. The van der Waals surface area contributed by atoms with Gasteiger partial charge in [0, 0.05) is 3.57 Å². The summed E-state index contributed by atoms with van der Waals surface area (Å²) in [6.45, 7) is -1.93. The minimum absolute atomic E-state index is 0.111. The number of benzene rings is 3. The molecule has 0 bridgehead atoms. The second-order valence-electron chi connectivity index (χ2n) is 6.46. The quantitative estimate of drug-likeness (QED) is 0.146. The smallest absolute Gasteiger partial charge is 0.367 e. The van der Waals surface area contributed by atoms with E-state index in [-0.39, 0.29) is 21.9 Å². The third-order valence-electron chi connectivity index (χ3n) is 4.26. The molecular weight excluding hydrogens is 803 g/mol. The lowest BCUT2D eigenvalue weighted by molar-refractivity contribution is -0.00984. The Morgan fingerprint density at radius 2 is 1.39 bits per heavy atom. The molecule has 0 atom stereocenters. The summed E-state index contributed by atoms with van der Waals surface area (Å²) in [4.78, 5) is 25.3. The number of rotatable bonds is 6. The first-order valence-electron chi connectivity index (χ1n) is 8.70. The van der Waals surface area contributed by atoms with Crippen LogP contribution in [0, 0.1) is 10.7 Å². The largest absolute Gasteiger partial charge is 0.743 e. The molecule has 0 aliphatic rings. The lowest BCUT2D eigenvalue weighted by atomic mass is 10.00. The van der Waals surface area contributed by atoms with Crippen LogP contribution in [0.15, 0.2) is 48.5 Å². The third kappa shape index (κ3) is 5.91. The predicted molar refractivity (Wildman–Crippen MR) is 138 cm³/mol. The molecule has 0 aromatic heterocycles. The number of carbonyl (C=O) groups excluding carboxylic acids is 2. The Morgan fingerprint density at radius 3 is 1.88 bits per heavy atom. The molecule has 174 valence electrons. The molecule has 3 rings (SSSR count). The van der Waals surface area contributed by atoms with Crippen LogP contribution in [0.4, 0.5) is 8.78 Å². The topological polar surface area (TPSA) is 110 Å². The molecule has 0 aliphatic heterocycles. The fourth-order valence-corrected chi connectivity index (χ4v) is 6.75. The summed E-state index contributed by atoms with van der Waals surface area (Å²) >= 11 is 6.22. The second kappa shape index (κ2) is 10.2. The van der Waals surface area contributed by atoms with Crippen LogP contribution in [0.1, 0.15) is 20.7 Å². The second-order valence-corrected chi connectivity index (χ2v) is 11.5. The van der Waals surface area contributed by atoms with Crippen molar-refractivity contribution in [1.29, 1.82) is 0 Å². The fourth-order valence-electron chi connectivity index (χ4n) is 2.74. The van der Waals surface area contributed by atoms with Gasteiger partial charge in [-0.05, 0) is 103 Å². The Balaban J connectivity index is 1.94. The van der Waals surface area contributed by atoms with E-state index < -0.39 is 33.9 Å². The zero-order valence-corrected chi connectivity index (χ0v) is 23.3. The highest BCUT2D eigenvalue weighted by Crippen LogP contribution is 2.31. The molecule has 0 amide bonds. The van der Waals surface area contributed by atoms with Gasteiger partial charge in [0.25, 0.3) is 0 Å². The average Bonchev–Trinajstić information content (AvgIpc) is 2.72. The third-order valence-corrected chi connectivity index (χ3v) is 7.33. The Kier molecular flexibility index (Phi) is 8.17. The summed E-state index contributed by atoms with van der Waals surface area (Å²) in [5, 5.41) is -4.29. The molecule has 3 aromatic rings. The van der Waals surface area contributed by atoms with E-state index in [1.807, 2.05) is 57.3 Å². The minimum atomic E-state index is -6.00. The fraction of sp³-hybridized carbons (Fsp3) is 0.100. The Hall–Kier alpha value is -1.18. The molecule has 7 nitrogen and oxygen atoms in total. The lowest BCUT2D eigenvalue weighted by Gasteiger charge is -2.19. The lowest BCUT2D eigenvalue weighted by Crippen LogP contribution is -2.34. The van der Waals surface area contributed by atoms with E-state index in [0.29, 0.717) is 5.75 Å². The van der Waals surface area contributed by atoms with Crippen LogP contribution in [0.5, 0.6) is 5.75 Å². The molecule has 0 N–H and O–H groups in total. The van der Waals surface area contributed by atoms with Crippen LogP contribution in [-0.4, -0.2) is 36.8 Å². The highest BCUT2D eigenvalue weighted by molar-refractivity contribution is 14.1. The van der Waals surface area contributed by atoms with Gasteiger partial charge in [-0.25, -0.2) is 18.0 Å². The van der Waals surface area contributed by atoms with Crippen molar-refractivity contribution in [3.05, 3.63) is 70.4 Å². The van der Waals surface area contributed by atoms with E-state index in [9.17, 15) is 31.3 Å². The monoisotopic (exact) mass is 813 g/mol. The molecule has 0 fully saturated rings. The Labute approximate surface area is 227 Å². The summed E-state index contributed by atoms with van der Waals surface area (Å²) in [5.74, 6) is -1.61. The molecule has 0 unspecified atom stereocenters. The van der Waals surface area contributed by atoms with Crippen LogP contribution in [-0.2, 0) is 14.9 Å². The normalized spacial score (nSPS) is 11.9. The van der Waals surface area contributed by atoms with Crippen LogP contribution >= 0.6 is 67.8 Å². The number of hydrogen-bond donors (Lipinski definition) is 0. The molecule has 0 aliphatic carbocycles. The van der Waals surface area contributed by atoms with Crippen molar-refractivity contribution >= 4 is 101 Å². The maximum Gasteiger partial charge on any atom is 0.367 e. The number of hydrogen-bond acceptors (Lipinski definition) is 7. The van der Waals surface area contributed by atoms with Gasteiger partial charge < -0.3 is 14.0 Å². The first kappa shape index (κ1) is 26.4. The van der Waals surface area contributed by atoms with Crippen LogP contribution in [0.2, 0.25) is 0 Å². The summed E-state index contributed by atoms with van der Waals surface area (Å²) in [5.41, 5.74) is -0.0839. The van der Waals surface area contributed by atoms with Crippen LogP contribution in [0.25, 0.3) is 10.8 Å². The van der Waals surface area contributed by atoms with Gasteiger partial charge in [-0.3, -0.25) is 0 Å². The van der Waals surface area contributed by atoms with Gasteiger partial charge in [0.05, 0.1) is 18.3 Å². The zero-order chi connectivity index (χ0) is 24.6. The number of ether oxygens (including phenoxy) is 2. The standard InChI is InChI=1S/C20H11F2I3O7S/c21-20(22,33(28,29)30)9-31-18(26)13-5-1-4-12-11(13)3-2-6-14(12)19(27)32-17-15(24)7-10(23)8-16(17)25/h1-8H,9H2,(H,28,29,30)/p-1. The highest BCUT2D eigenvalue weighted by atomic mass is 127. The van der Waals surface area contributed by atoms with Gasteiger partial charge in [-0.15, -0.1) is 0 Å². The van der Waals surface area contributed by atoms with Crippen molar-refractivity contribution in [2.24, 2.45) is 0 Å². The SMILES string of the molecule is O=C(OCC(F)(F)S(=O)(=O)[O-])c1cccc2c(C(=O)Oc3c(I)cc(I)cc3I)cccc12. The predicted octanol–water partition coefficient (Wildman–Crippen LogP) is 5.17. The summed E-state index contributed by atoms with van der Waals surface area (Å²) < 4.78 is 70.9. The molecule has 0 radical (unpaired) electrons. The van der Waals surface area contributed by atoms with Crippen molar-refractivity contribution in [3.63, 3.8) is 0 Å². The van der Waals surface area contributed by atoms with E-state index >= 15 is 0 Å². The number of halogens is 5. The number of carbonyl (C=O) groups is 2. The van der Waals surface area contributed by atoms with Crippen LogP contribution in [0.3, 0.4) is 0 Å². The van der Waals surface area contributed by atoms with E-state index in [1.165, 1.54) is 36.4 Å². The Morgan fingerprint density at radius 1 is 0.909 bits per heavy atom. The number of fused-ring (bicyclic) bond motifs is 1.